The number of aliphatic hydroxyl groups is 1. The first-order chi connectivity index (χ1) is 17.2. The summed E-state index contributed by atoms with van der Waals surface area (Å²) in [6, 6.07) is 15.6. The lowest BCUT2D eigenvalue weighted by atomic mass is 9.93. The normalized spacial score (nSPS) is 17.2. The third-order valence-corrected chi connectivity index (χ3v) is 7.48. The molecule has 1 unspecified atom stereocenters. The Balaban J connectivity index is 1.78. The average Bonchev–Trinajstić information content (AvgIpc) is 3.36. The Morgan fingerprint density at radius 3 is 2.56 bits per heavy atom. The van der Waals surface area contributed by atoms with Crippen LogP contribution in [-0.4, -0.2) is 28.9 Å². The summed E-state index contributed by atoms with van der Waals surface area (Å²) in [5.41, 5.74) is 4.37. The number of anilines is 1. The lowest BCUT2D eigenvalue weighted by Gasteiger charge is -2.23. The number of halogens is 1. The molecule has 182 valence electrons. The second-order valence-electron chi connectivity index (χ2n) is 8.85. The molecule has 1 aliphatic heterocycles. The zero-order valence-electron chi connectivity index (χ0n) is 20.1. The van der Waals surface area contributed by atoms with Crippen molar-refractivity contribution in [2.45, 2.75) is 26.8 Å². The van der Waals surface area contributed by atoms with Crippen LogP contribution in [0.4, 0.5) is 5.13 Å². The van der Waals surface area contributed by atoms with Crippen LogP contribution in [0.5, 0.6) is 5.75 Å². The van der Waals surface area contributed by atoms with Gasteiger partial charge in [-0.2, -0.15) is 0 Å². The number of ketones is 1. The predicted molar refractivity (Wildman–Crippen MR) is 143 cm³/mol. The number of thiazole rings is 1. The minimum absolute atomic E-state index is 0.00816. The van der Waals surface area contributed by atoms with Gasteiger partial charge in [-0.3, -0.25) is 14.5 Å². The molecule has 3 aromatic carbocycles. The van der Waals surface area contributed by atoms with Crippen molar-refractivity contribution < 1.29 is 19.4 Å². The molecular weight excluding hydrogens is 496 g/mol. The fraction of sp³-hybridized carbons (Fsp3) is 0.179. The predicted octanol–water partition coefficient (Wildman–Crippen LogP) is 6.51. The second kappa shape index (κ2) is 9.08. The first-order valence-corrected chi connectivity index (χ1v) is 12.5. The Labute approximate surface area is 217 Å². The number of fused-ring (bicyclic) bond motifs is 1. The van der Waals surface area contributed by atoms with Gasteiger partial charge in [0, 0.05) is 5.02 Å². The molecule has 8 heteroatoms. The van der Waals surface area contributed by atoms with Crippen LogP contribution in [0.2, 0.25) is 5.02 Å². The molecule has 0 aliphatic carbocycles. The molecule has 1 aliphatic rings. The molecule has 36 heavy (non-hydrogen) atoms. The lowest BCUT2D eigenvalue weighted by molar-refractivity contribution is -0.132. The van der Waals surface area contributed by atoms with E-state index in [1.54, 1.807) is 24.3 Å². The number of rotatable bonds is 4. The quantitative estimate of drug-likeness (QED) is 0.189. The maximum Gasteiger partial charge on any atom is 0.301 e. The fourth-order valence-corrected chi connectivity index (χ4v) is 5.99. The van der Waals surface area contributed by atoms with Gasteiger partial charge in [0.05, 0.1) is 34.5 Å². The molecule has 1 atom stereocenters. The molecule has 5 rings (SSSR count). The molecule has 1 saturated heterocycles. The van der Waals surface area contributed by atoms with Crippen molar-refractivity contribution in [3.63, 3.8) is 0 Å². The van der Waals surface area contributed by atoms with Crippen molar-refractivity contribution in [3.05, 3.63) is 93.0 Å². The molecule has 4 aromatic rings. The molecular formula is C28H23ClN2O4S. The van der Waals surface area contributed by atoms with Gasteiger partial charge in [-0.25, -0.2) is 4.98 Å². The SMILES string of the molecule is COc1c(C)cc(C)cc1/C(O)=C1\C(=O)C(=O)N(c2nc3ccc(Cl)cc3s2)C1c1cccc(C)c1. The number of aromatic nitrogens is 1. The molecule has 0 radical (unpaired) electrons. The number of hydrogen-bond donors (Lipinski definition) is 1. The van der Waals surface area contributed by atoms with Gasteiger partial charge in [0.1, 0.15) is 11.5 Å². The Morgan fingerprint density at radius 2 is 1.83 bits per heavy atom. The summed E-state index contributed by atoms with van der Waals surface area (Å²) in [6.45, 7) is 5.69. The number of carbonyl (C=O) groups is 2. The Kier molecular flexibility index (Phi) is 6.06. The minimum atomic E-state index is -0.869. The van der Waals surface area contributed by atoms with E-state index in [9.17, 15) is 14.7 Å². The zero-order valence-corrected chi connectivity index (χ0v) is 21.7. The van der Waals surface area contributed by atoms with E-state index >= 15 is 0 Å². The molecule has 0 spiro atoms. The number of methoxy groups -OCH3 is 1. The van der Waals surface area contributed by atoms with Crippen LogP contribution in [0.25, 0.3) is 16.0 Å². The standard InChI is InChI=1S/C28H23ClN2O4S/c1-14-6-5-7-17(11-14)23-22(24(32)19-12-15(2)10-16(3)26(19)35-4)25(33)27(34)31(23)28-30-20-9-8-18(29)13-21(20)36-28/h5-13,23,32H,1-4H3/b24-22+. The average molecular weight is 519 g/mol. The van der Waals surface area contributed by atoms with Crippen molar-refractivity contribution in [2.75, 3.05) is 12.0 Å². The largest absolute Gasteiger partial charge is 0.507 e. The van der Waals surface area contributed by atoms with Gasteiger partial charge in [-0.1, -0.05) is 58.8 Å². The molecule has 1 amide bonds. The summed E-state index contributed by atoms with van der Waals surface area (Å²) in [4.78, 5) is 33.0. The molecule has 1 aromatic heterocycles. The number of Topliss-reactive ketones (excluding diaryl/α,β-unsaturated/α-hetero) is 1. The topological polar surface area (TPSA) is 79.7 Å². The smallest absolute Gasteiger partial charge is 0.301 e. The lowest BCUT2D eigenvalue weighted by Crippen LogP contribution is -2.29. The van der Waals surface area contributed by atoms with E-state index in [-0.39, 0.29) is 11.3 Å². The van der Waals surface area contributed by atoms with Gasteiger partial charge < -0.3 is 9.84 Å². The summed E-state index contributed by atoms with van der Waals surface area (Å²) in [6.07, 6.45) is 0. The zero-order chi connectivity index (χ0) is 25.7. The highest BCUT2D eigenvalue weighted by atomic mass is 35.5. The van der Waals surface area contributed by atoms with E-state index in [0.29, 0.717) is 32.5 Å². The van der Waals surface area contributed by atoms with E-state index in [0.717, 1.165) is 21.4 Å². The van der Waals surface area contributed by atoms with Crippen LogP contribution in [0, 0.1) is 20.8 Å². The third-order valence-electron chi connectivity index (χ3n) is 6.23. The maximum atomic E-state index is 13.5. The van der Waals surface area contributed by atoms with Gasteiger partial charge in [-0.15, -0.1) is 0 Å². The number of carbonyl (C=O) groups excluding carboxylic acids is 2. The number of nitrogens with zero attached hydrogens (tertiary/aromatic N) is 2. The van der Waals surface area contributed by atoms with Crippen LogP contribution >= 0.6 is 22.9 Å². The van der Waals surface area contributed by atoms with E-state index in [4.69, 9.17) is 16.3 Å². The summed E-state index contributed by atoms with van der Waals surface area (Å²) < 4.78 is 6.36. The van der Waals surface area contributed by atoms with Crippen LogP contribution in [0.15, 0.2) is 60.2 Å². The van der Waals surface area contributed by atoms with Crippen LogP contribution in [0.1, 0.15) is 33.9 Å². The van der Waals surface area contributed by atoms with Crippen molar-refractivity contribution in [1.29, 1.82) is 0 Å². The van der Waals surface area contributed by atoms with Gasteiger partial charge in [0.15, 0.2) is 5.13 Å². The van der Waals surface area contributed by atoms with Crippen LogP contribution in [0.3, 0.4) is 0 Å². The summed E-state index contributed by atoms with van der Waals surface area (Å²) >= 11 is 7.43. The number of aliphatic hydroxyl groups excluding tert-OH is 1. The summed E-state index contributed by atoms with van der Waals surface area (Å²) in [5, 5.41) is 12.5. The van der Waals surface area contributed by atoms with E-state index in [1.807, 2.05) is 51.1 Å². The number of hydrogen-bond acceptors (Lipinski definition) is 6. The highest BCUT2D eigenvalue weighted by Gasteiger charge is 2.48. The first-order valence-electron chi connectivity index (χ1n) is 11.3. The molecule has 0 bridgehead atoms. The molecule has 6 nitrogen and oxygen atoms in total. The number of amides is 1. The first kappa shape index (κ1) is 24.0. The highest BCUT2D eigenvalue weighted by Crippen LogP contribution is 2.45. The highest BCUT2D eigenvalue weighted by molar-refractivity contribution is 7.22. The van der Waals surface area contributed by atoms with Gasteiger partial charge in [0.2, 0.25) is 0 Å². The summed E-state index contributed by atoms with van der Waals surface area (Å²) in [5.74, 6) is -1.37. The van der Waals surface area contributed by atoms with Crippen LogP contribution in [-0.2, 0) is 9.59 Å². The van der Waals surface area contributed by atoms with E-state index < -0.39 is 17.7 Å². The number of aryl methyl sites for hydroxylation is 3. The molecule has 0 saturated carbocycles. The number of benzene rings is 3. The molecule has 2 heterocycles. The summed E-state index contributed by atoms with van der Waals surface area (Å²) in [7, 11) is 1.51. The van der Waals surface area contributed by atoms with E-state index in [2.05, 4.69) is 4.98 Å². The molecule has 1 N–H and O–H groups in total. The minimum Gasteiger partial charge on any atom is -0.507 e. The molecule has 1 fully saturated rings. The van der Waals surface area contributed by atoms with E-state index in [1.165, 1.54) is 23.3 Å². The number of ether oxygens (including phenoxy) is 1. The monoisotopic (exact) mass is 518 g/mol. The second-order valence-corrected chi connectivity index (χ2v) is 10.3. The van der Waals surface area contributed by atoms with Crippen LogP contribution < -0.4 is 9.64 Å². The Bertz CT molecular complexity index is 1590. The van der Waals surface area contributed by atoms with Gasteiger partial charge in [0.25, 0.3) is 5.78 Å². The van der Waals surface area contributed by atoms with Gasteiger partial charge in [-0.05, 0) is 61.7 Å². The Morgan fingerprint density at radius 1 is 1.06 bits per heavy atom. The van der Waals surface area contributed by atoms with Crippen molar-refractivity contribution in [3.8, 4) is 5.75 Å². The van der Waals surface area contributed by atoms with Crippen molar-refractivity contribution >= 4 is 55.7 Å². The fourth-order valence-electron chi connectivity index (χ4n) is 4.72. The van der Waals surface area contributed by atoms with Crippen molar-refractivity contribution in [2.24, 2.45) is 0 Å². The Hall–Kier alpha value is -3.68. The maximum absolute atomic E-state index is 13.5. The van der Waals surface area contributed by atoms with Crippen molar-refractivity contribution in [1.82, 2.24) is 4.98 Å². The van der Waals surface area contributed by atoms with Gasteiger partial charge >= 0.3 is 5.91 Å². The third kappa shape index (κ3) is 3.94.